The Labute approximate surface area is 121 Å². The lowest BCUT2D eigenvalue weighted by Gasteiger charge is -2.26. The van der Waals surface area contributed by atoms with Gasteiger partial charge >= 0.3 is 0 Å². The van der Waals surface area contributed by atoms with E-state index in [1.807, 2.05) is 0 Å². The molecule has 0 aliphatic rings. The van der Waals surface area contributed by atoms with Crippen LogP contribution in [0.1, 0.15) is 42.8 Å². The molecule has 0 unspecified atom stereocenters. The number of aryl methyl sites for hydroxylation is 3. The second-order valence-electron chi connectivity index (χ2n) is 6.14. The Balaban J connectivity index is 1.88. The molecule has 0 bridgehead atoms. The topological polar surface area (TPSA) is 40.7 Å². The van der Waals surface area contributed by atoms with E-state index >= 15 is 0 Å². The van der Waals surface area contributed by atoms with E-state index in [0.29, 0.717) is 0 Å². The van der Waals surface area contributed by atoms with E-state index < -0.39 is 0 Å². The number of rotatable bonds is 6. The SMILES string of the molecule is Cc1n[nH]c(C)c1CNC(C)(C)CCc1ccccc1. The Morgan fingerprint density at radius 1 is 1.15 bits per heavy atom. The van der Waals surface area contributed by atoms with Gasteiger partial charge in [-0.1, -0.05) is 30.3 Å². The van der Waals surface area contributed by atoms with Crippen molar-refractivity contribution in [2.24, 2.45) is 0 Å². The van der Waals surface area contributed by atoms with Crippen LogP contribution < -0.4 is 5.32 Å². The number of nitrogens with one attached hydrogen (secondary N) is 2. The zero-order valence-corrected chi connectivity index (χ0v) is 13.0. The Bertz CT molecular complexity index is 521. The van der Waals surface area contributed by atoms with Crippen molar-refractivity contribution in [1.82, 2.24) is 15.5 Å². The fraction of sp³-hybridized carbons (Fsp3) is 0.471. The summed E-state index contributed by atoms with van der Waals surface area (Å²) in [4.78, 5) is 0. The second kappa shape index (κ2) is 6.23. The minimum atomic E-state index is 0.117. The van der Waals surface area contributed by atoms with Crippen molar-refractivity contribution >= 4 is 0 Å². The van der Waals surface area contributed by atoms with E-state index in [-0.39, 0.29) is 5.54 Å². The molecule has 0 saturated heterocycles. The highest BCUT2D eigenvalue weighted by Crippen LogP contribution is 2.16. The van der Waals surface area contributed by atoms with Crippen LogP contribution in [-0.4, -0.2) is 15.7 Å². The molecule has 1 heterocycles. The van der Waals surface area contributed by atoms with Crippen LogP contribution in [0.2, 0.25) is 0 Å². The molecule has 0 radical (unpaired) electrons. The lowest BCUT2D eigenvalue weighted by Crippen LogP contribution is -2.39. The first-order chi connectivity index (χ1) is 9.48. The first-order valence-electron chi connectivity index (χ1n) is 7.27. The highest BCUT2D eigenvalue weighted by molar-refractivity contribution is 5.23. The Kier molecular flexibility index (Phi) is 4.61. The third kappa shape index (κ3) is 3.94. The molecule has 2 rings (SSSR count). The zero-order chi connectivity index (χ0) is 14.6. The average Bonchev–Trinajstić information content (AvgIpc) is 2.75. The van der Waals surface area contributed by atoms with Crippen molar-refractivity contribution in [3.8, 4) is 0 Å². The number of hydrogen-bond acceptors (Lipinski definition) is 2. The maximum Gasteiger partial charge on any atom is 0.0638 e. The highest BCUT2D eigenvalue weighted by Gasteiger charge is 2.18. The molecule has 0 saturated carbocycles. The molecule has 1 aromatic carbocycles. The average molecular weight is 271 g/mol. The fourth-order valence-corrected chi connectivity index (χ4v) is 2.35. The quantitative estimate of drug-likeness (QED) is 0.844. The van der Waals surface area contributed by atoms with Crippen LogP contribution in [0.25, 0.3) is 0 Å². The van der Waals surface area contributed by atoms with Crippen LogP contribution in [0.3, 0.4) is 0 Å². The minimum Gasteiger partial charge on any atom is -0.308 e. The smallest absolute Gasteiger partial charge is 0.0638 e. The number of aromatic nitrogens is 2. The maximum atomic E-state index is 4.25. The molecule has 2 N–H and O–H groups in total. The summed E-state index contributed by atoms with van der Waals surface area (Å²) >= 11 is 0. The fourth-order valence-electron chi connectivity index (χ4n) is 2.35. The van der Waals surface area contributed by atoms with Crippen LogP contribution >= 0.6 is 0 Å². The van der Waals surface area contributed by atoms with Gasteiger partial charge < -0.3 is 5.32 Å². The van der Waals surface area contributed by atoms with Crippen LogP contribution in [0.4, 0.5) is 0 Å². The number of H-pyrrole nitrogens is 1. The summed E-state index contributed by atoms with van der Waals surface area (Å²) in [6.07, 6.45) is 2.22. The van der Waals surface area contributed by atoms with Gasteiger partial charge in [-0.3, -0.25) is 5.10 Å². The zero-order valence-electron chi connectivity index (χ0n) is 13.0. The van der Waals surface area contributed by atoms with Crippen LogP contribution in [0, 0.1) is 13.8 Å². The lowest BCUT2D eigenvalue weighted by atomic mass is 9.95. The Hall–Kier alpha value is -1.61. The van der Waals surface area contributed by atoms with Crippen LogP contribution in [-0.2, 0) is 13.0 Å². The second-order valence-corrected chi connectivity index (χ2v) is 6.14. The minimum absolute atomic E-state index is 0.117. The van der Waals surface area contributed by atoms with Crippen molar-refractivity contribution < 1.29 is 0 Å². The van der Waals surface area contributed by atoms with Gasteiger partial charge in [0, 0.05) is 23.3 Å². The van der Waals surface area contributed by atoms with Gasteiger partial charge in [0.05, 0.1) is 5.69 Å². The van der Waals surface area contributed by atoms with Crippen molar-refractivity contribution in [3.05, 3.63) is 52.8 Å². The largest absolute Gasteiger partial charge is 0.308 e. The summed E-state index contributed by atoms with van der Waals surface area (Å²) in [7, 11) is 0. The molecule has 3 heteroatoms. The molecule has 0 atom stereocenters. The molecule has 1 aromatic heterocycles. The predicted octanol–water partition coefficient (Wildman–Crippen LogP) is 3.53. The number of hydrogen-bond donors (Lipinski definition) is 2. The van der Waals surface area contributed by atoms with Gasteiger partial charge in [-0.25, -0.2) is 0 Å². The van der Waals surface area contributed by atoms with Gasteiger partial charge in [0.2, 0.25) is 0 Å². The molecule has 2 aromatic rings. The highest BCUT2D eigenvalue weighted by atomic mass is 15.1. The van der Waals surface area contributed by atoms with Crippen molar-refractivity contribution in [3.63, 3.8) is 0 Å². The maximum absolute atomic E-state index is 4.25. The summed E-state index contributed by atoms with van der Waals surface area (Å²) in [6, 6.07) is 10.7. The summed E-state index contributed by atoms with van der Waals surface area (Å²) in [5.74, 6) is 0. The molecule has 0 aliphatic heterocycles. The summed E-state index contributed by atoms with van der Waals surface area (Å²) in [5.41, 5.74) is 5.06. The van der Waals surface area contributed by atoms with Gasteiger partial charge in [0.25, 0.3) is 0 Å². The van der Waals surface area contributed by atoms with E-state index in [4.69, 9.17) is 0 Å². The summed E-state index contributed by atoms with van der Waals surface area (Å²) in [5, 5.41) is 10.9. The molecule has 0 aliphatic carbocycles. The molecule has 0 fully saturated rings. The third-order valence-electron chi connectivity index (χ3n) is 3.91. The number of nitrogens with zero attached hydrogens (tertiary/aromatic N) is 1. The third-order valence-corrected chi connectivity index (χ3v) is 3.91. The number of benzene rings is 1. The van der Waals surface area contributed by atoms with Crippen molar-refractivity contribution in [1.29, 1.82) is 0 Å². The van der Waals surface area contributed by atoms with Crippen molar-refractivity contribution in [2.45, 2.75) is 52.6 Å². The summed E-state index contributed by atoms with van der Waals surface area (Å²) < 4.78 is 0. The van der Waals surface area contributed by atoms with Gasteiger partial charge in [-0.15, -0.1) is 0 Å². The molecule has 0 spiro atoms. The van der Waals surface area contributed by atoms with Crippen LogP contribution in [0.15, 0.2) is 30.3 Å². The van der Waals surface area contributed by atoms with Gasteiger partial charge in [0.15, 0.2) is 0 Å². The van der Waals surface area contributed by atoms with Gasteiger partial charge in [0.1, 0.15) is 0 Å². The van der Waals surface area contributed by atoms with Crippen LogP contribution in [0.5, 0.6) is 0 Å². The molecule has 0 amide bonds. The van der Waals surface area contributed by atoms with E-state index in [1.54, 1.807) is 0 Å². The van der Waals surface area contributed by atoms with Gasteiger partial charge in [-0.05, 0) is 46.1 Å². The summed E-state index contributed by atoms with van der Waals surface area (Å²) in [6.45, 7) is 9.53. The molecule has 108 valence electrons. The van der Waals surface area contributed by atoms with Gasteiger partial charge in [-0.2, -0.15) is 5.10 Å². The molecule has 20 heavy (non-hydrogen) atoms. The monoisotopic (exact) mass is 271 g/mol. The Morgan fingerprint density at radius 2 is 1.85 bits per heavy atom. The lowest BCUT2D eigenvalue weighted by molar-refractivity contribution is 0.360. The first kappa shape index (κ1) is 14.8. The van der Waals surface area contributed by atoms with E-state index in [0.717, 1.165) is 30.8 Å². The molecule has 3 nitrogen and oxygen atoms in total. The van der Waals surface area contributed by atoms with E-state index in [2.05, 4.69) is 73.5 Å². The molecular formula is C17H25N3. The predicted molar refractivity (Wildman–Crippen MR) is 83.7 cm³/mol. The standard InChI is InChI=1S/C17H25N3/c1-13-16(14(2)20-19-13)12-18-17(3,4)11-10-15-8-6-5-7-9-15/h5-9,18H,10-12H2,1-4H3,(H,19,20). The first-order valence-corrected chi connectivity index (χ1v) is 7.27. The van der Waals surface area contributed by atoms with E-state index in [9.17, 15) is 0 Å². The molecular weight excluding hydrogens is 246 g/mol. The number of aromatic amines is 1. The normalized spacial score (nSPS) is 11.8. The Morgan fingerprint density at radius 3 is 2.45 bits per heavy atom. The van der Waals surface area contributed by atoms with E-state index in [1.165, 1.54) is 11.1 Å². The van der Waals surface area contributed by atoms with Crippen molar-refractivity contribution in [2.75, 3.05) is 0 Å².